The van der Waals surface area contributed by atoms with E-state index in [1.54, 1.807) is 32.9 Å². The molecule has 1 saturated heterocycles. The van der Waals surface area contributed by atoms with Gasteiger partial charge in [0.2, 0.25) is 0 Å². The SMILES string of the molecule is Cc1ccnc(S(=O)(=O)CC2CCCN2C(=O)OC(C)(C)C)c1. The maximum atomic E-state index is 12.6. The molecule has 23 heavy (non-hydrogen) atoms. The summed E-state index contributed by atoms with van der Waals surface area (Å²) in [5.41, 5.74) is 0.246. The van der Waals surface area contributed by atoms with Crippen LogP contribution in [0.1, 0.15) is 39.2 Å². The lowest BCUT2D eigenvalue weighted by Crippen LogP contribution is -2.42. The average molecular weight is 340 g/mol. The first-order valence-electron chi connectivity index (χ1n) is 7.73. The summed E-state index contributed by atoms with van der Waals surface area (Å²) >= 11 is 0. The minimum absolute atomic E-state index is 0.0635. The summed E-state index contributed by atoms with van der Waals surface area (Å²) in [6, 6.07) is 2.95. The van der Waals surface area contributed by atoms with E-state index in [1.165, 1.54) is 11.1 Å². The Morgan fingerprint density at radius 3 is 2.74 bits per heavy atom. The van der Waals surface area contributed by atoms with Crippen molar-refractivity contribution in [1.29, 1.82) is 0 Å². The van der Waals surface area contributed by atoms with Gasteiger partial charge in [-0.3, -0.25) is 0 Å². The Morgan fingerprint density at radius 1 is 1.43 bits per heavy atom. The molecule has 1 unspecified atom stereocenters. The lowest BCUT2D eigenvalue weighted by atomic mass is 10.2. The minimum Gasteiger partial charge on any atom is -0.444 e. The molecule has 0 aliphatic carbocycles. The number of sulfone groups is 1. The lowest BCUT2D eigenvalue weighted by Gasteiger charge is -2.28. The van der Waals surface area contributed by atoms with Crippen LogP contribution in [0, 0.1) is 6.92 Å². The summed E-state index contributed by atoms with van der Waals surface area (Å²) in [7, 11) is -3.54. The van der Waals surface area contributed by atoms with E-state index in [0.717, 1.165) is 12.0 Å². The number of nitrogens with zero attached hydrogens (tertiary/aromatic N) is 2. The first-order chi connectivity index (χ1) is 10.6. The second kappa shape index (κ2) is 6.47. The molecule has 1 atom stereocenters. The van der Waals surface area contributed by atoms with E-state index in [2.05, 4.69) is 4.98 Å². The van der Waals surface area contributed by atoms with Crippen LogP contribution in [-0.2, 0) is 14.6 Å². The molecule has 7 heteroatoms. The third-order valence-electron chi connectivity index (χ3n) is 3.63. The third-order valence-corrected chi connectivity index (χ3v) is 5.31. The highest BCUT2D eigenvalue weighted by molar-refractivity contribution is 7.91. The molecular formula is C16H24N2O4S. The van der Waals surface area contributed by atoms with E-state index < -0.39 is 21.5 Å². The maximum Gasteiger partial charge on any atom is 0.410 e. The highest BCUT2D eigenvalue weighted by Crippen LogP contribution is 2.24. The standard InChI is InChI=1S/C16H24N2O4S/c1-12-7-8-17-14(10-12)23(20,21)11-13-6-5-9-18(13)15(19)22-16(2,3)4/h7-8,10,13H,5-6,9,11H2,1-4H3. The van der Waals surface area contributed by atoms with E-state index in [1.807, 2.05) is 6.92 Å². The van der Waals surface area contributed by atoms with Crippen molar-refractivity contribution >= 4 is 15.9 Å². The molecule has 1 amide bonds. The highest BCUT2D eigenvalue weighted by Gasteiger charge is 2.35. The Bertz CT molecular complexity index is 680. The van der Waals surface area contributed by atoms with Crippen molar-refractivity contribution in [2.75, 3.05) is 12.3 Å². The van der Waals surface area contributed by atoms with Crippen molar-refractivity contribution in [3.63, 3.8) is 0 Å². The minimum atomic E-state index is -3.54. The quantitative estimate of drug-likeness (QED) is 0.845. The number of carbonyl (C=O) groups is 1. The van der Waals surface area contributed by atoms with Gasteiger partial charge in [0.1, 0.15) is 5.60 Å². The van der Waals surface area contributed by atoms with Gasteiger partial charge >= 0.3 is 6.09 Å². The van der Waals surface area contributed by atoms with Crippen LogP contribution in [0.15, 0.2) is 23.4 Å². The van der Waals surface area contributed by atoms with Gasteiger partial charge in [-0.05, 0) is 58.2 Å². The molecule has 1 aromatic rings. The van der Waals surface area contributed by atoms with Gasteiger partial charge in [0.05, 0.1) is 5.75 Å². The van der Waals surface area contributed by atoms with Gasteiger partial charge in [-0.2, -0.15) is 0 Å². The smallest absolute Gasteiger partial charge is 0.410 e. The molecule has 1 aromatic heterocycles. The van der Waals surface area contributed by atoms with Crippen LogP contribution < -0.4 is 0 Å². The topological polar surface area (TPSA) is 76.6 Å². The summed E-state index contributed by atoms with van der Waals surface area (Å²) < 4.78 is 30.5. The fourth-order valence-electron chi connectivity index (χ4n) is 2.59. The Hall–Kier alpha value is -1.63. The number of carbonyl (C=O) groups excluding carboxylic acids is 1. The van der Waals surface area contributed by atoms with Crippen LogP contribution in [0.4, 0.5) is 4.79 Å². The number of amides is 1. The zero-order chi connectivity index (χ0) is 17.3. The van der Waals surface area contributed by atoms with Gasteiger partial charge in [0.15, 0.2) is 14.9 Å². The van der Waals surface area contributed by atoms with Gasteiger partial charge in [-0.25, -0.2) is 18.2 Å². The van der Waals surface area contributed by atoms with Crippen LogP contribution in [0.3, 0.4) is 0 Å². The van der Waals surface area contributed by atoms with E-state index in [4.69, 9.17) is 4.74 Å². The molecule has 128 valence electrons. The van der Waals surface area contributed by atoms with Gasteiger partial charge in [0, 0.05) is 18.8 Å². The fraction of sp³-hybridized carbons (Fsp3) is 0.625. The zero-order valence-electron chi connectivity index (χ0n) is 14.1. The van der Waals surface area contributed by atoms with Crippen LogP contribution in [0.25, 0.3) is 0 Å². The number of rotatable bonds is 3. The van der Waals surface area contributed by atoms with E-state index in [-0.39, 0.29) is 16.8 Å². The van der Waals surface area contributed by atoms with Crippen LogP contribution in [0.5, 0.6) is 0 Å². The van der Waals surface area contributed by atoms with Gasteiger partial charge in [-0.1, -0.05) is 0 Å². The van der Waals surface area contributed by atoms with Crippen molar-refractivity contribution in [1.82, 2.24) is 9.88 Å². The number of ether oxygens (including phenoxy) is 1. The summed E-state index contributed by atoms with van der Waals surface area (Å²) in [6.45, 7) is 7.73. The number of hydrogen-bond donors (Lipinski definition) is 0. The van der Waals surface area contributed by atoms with Gasteiger partial charge < -0.3 is 9.64 Å². The number of likely N-dealkylation sites (tertiary alicyclic amines) is 1. The van der Waals surface area contributed by atoms with Crippen molar-refractivity contribution in [3.8, 4) is 0 Å². The Kier molecular flexibility index (Phi) is 4.98. The fourth-order valence-corrected chi connectivity index (χ4v) is 4.20. The molecule has 0 saturated carbocycles. The molecule has 2 rings (SSSR count). The summed E-state index contributed by atoms with van der Waals surface area (Å²) in [4.78, 5) is 17.7. The molecular weight excluding hydrogens is 316 g/mol. The van der Waals surface area contributed by atoms with E-state index in [0.29, 0.717) is 13.0 Å². The Labute approximate surface area is 137 Å². The molecule has 1 aliphatic heterocycles. The summed E-state index contributed by atoms with van der Waals surface area (Å²) in [5.74, 6) is -0.122. The summed E-state index contributed by atoms with van der Waals surface area (Å²) in [6.07, 6.45) is 2.47. The second-order valence-electron chi connectivity index (χ2n) is 6.92. The normalized spacial score (nSPS) is 19.0. The molecule has 0 spiro atoms. The Balaban J connectivity index is 2.13. The maximum absolute atomic E-state index is 12.6. The highest BCUT2D eigenvalue weighted by atomic mass is 32.2. The Morgan fingerprint density at radius 2 is 2.13 bits per heavy atom. The van der Waals surface area contributed by atoms with E-state index in [9.17, 15) is 13.2 Å². The molecule has 2 heterocycles. The molecule has 0 radical (unpaired) electrons. The van der Waals surface area contributed by atoms with Crippen molar-refractivity contribution in [3.05, 3.63) is 23.9 Å². The molecule has 0 aromatic carbocycles. The lowest BCUT2D eigenvalue weighted by molar-refractivity contribution is 0.0241. The van der Waals surface area contributed by atoms with Gasteiger partial charge in [0.25, 0.3) is 0 Å². The zero-order valence-corrected chi connectivity index (χ0v) is 14.9. The number of pyridine rings is 1. The van der Waals surface area contributed by atoms with Crippen LogP contribution >= 0.6 is 0 Å². The number of aromatic nitrogens is 1. The first-order valence-corrected chi connectivity index (χ1v) is 9.39. The monoisotopic (exact) mass is 340 g/mol. The van der Waals surface area contributed by atoms with Gasteiger partial charge in [-0.15, -0.1) is 0 Å². The van der Waals surface area contributed by atoms with Crippen LogP contribution in [-0.4, -0.2) is 48.3 Å². The van der Waals surface area contributed by atoms with Crippen molar-refractivity contribution in [2.24, 2.45) is 0 Å². The molecule has 1 aliphatic rings. The second-order valence-corrected chi connectivity index (χ2v) is 8.90. The molecule has 0 bridgehead atoms. The number of hydrogen-bond acceptors (Lipinski definition) is 5. The largest absolute Gasteiger partial charge is 0.444 e. The number of aryl methyl sites for hydroxylation is 1. The molecule has 1 fully saturated rings. The summed E-state index contributed by atoms with van der Waals surface area (Å²) in [5, 5.41) is 0.0635. The average Bonchev–Trinajstić information content (AvgIpc) is 2.84. The predicted molar refractivity (Wildman–Crippen MR) is 87.0 cm³/mol. The van der Waals surface area contributed by atoms with Crippen molar-refractivity contribution < 1.29 is 17.9 Å². The van der Waals surface area contributed by atoms with Crippen LogP contribution in [0.2, 0.25) is 0 Å². The van der Waals surface area contributed by atoms with Crippen molar-refractivity contribution in [2.45, 2.75) is 57.2 Å². The third kappa shape index (κ3) is 4.67. The predicted octanol–water partition coefficient (Wildman–Crippen LogP) is 2.56. The first kappa shape index (κ1) is 17.7. The van der Waals surface area contributed by atoms with E-state index >= 15 is 0 Å². The molecule has 6 nitrogen and oxygen atoms in total. The molecule has 0 N–H and O–H groups in total.